The number of aryl methyl sites for hydroxylation is 1. The maximum absolute atomic E-state index is 12.3. The van der Waals surface area contributed by atoms with Crippen molar-refractivity contribution in [3.8, 4) is 0 Å². The molecule has 0 spiro atoms. The van der Waals surface area contributed by atoms with Crippen molar-refractivity contribution < 1.29 is 9.59 Å². The molecule has 23 heavy (non-hydrogen) atoms. The summed E-state index contributed by atoms with van der Waals surface area (Å²) in [5, 5.41) is 0.446. The van der Waals surface area contributed by atoms with Crippen LogP contribution in [0.3, 0.4) is 0 Å². The van der Waals surface area contributed by atoms with Gasteiger partial charge in [0.2, 0.25) is 5.91 Å². The Kier molecular flexibility index (Phi) is 4.31. The summed E-state index contributed by atoms with van der Waals surface area (Å²) in [4.78, 5) is 25.4. The normalized spacial score (nSPS) is 18.0. The van der Waals surface area contributed by atoms with E-state index in [0.717, 1.165) is 41.2 Å². The van der Waals surface area contributed by atoms with E-state index in [4.69, 9.17) is 0 Å². The van der Waals surface area contributed by atoms with Crippen molar-refractivity contribution in [2.75, 3.05) is 7.05 Å². The molecule has 0 N–H and O–H groups in total. The Balaban J connectivity index is 2.00. The molecule has 5 heteroatoms. The van der Waals surface area contributed by atoms with Gasteiger partial charge in [0, 0.05) is 36.3 Å². The van der Waals surface area contributed by atoms with Gasteiger partial charge in [-0.25, -0.2) is 0 Å². The topological polar surface area (TPSA) is 42.3 Å². The first-order chi connectivity index (χ1) is 11.0. The van der Waals surface area contributed by atoms with Crippen molar-refractivity contribution in [1.29, 1.82) is 0 Å². The second-order valence-electron chi connectivity index (χ2n) is 6.03. The molecule has 0 saturated carbocycles. The SMILES string of the molecule is CC(C)=CCCn1cc(C2SC(=O)N(C)C2=O)c2ccccc21. The predicted molar refractivity (Wildman–Crippen MR) is 94.5 cm³/mol. The van der Waals surface area contributed by atoms with Crippen LogP contribution in [0.2, 0.25) is 0 Å². The number of nitrogens with zero attached hydrogens (tertiary/aromatic N) is 2. The minimum atomic E-state index is -0.429. The molecule has 0 radical (unpaired) electrons. The molecule has 1 unspecified atom stereocenters. The van der Waals surface area contributed by atoms with Crippen LogP contribution < -0.4 is 0 Å². The monoisotopic (exact) mass is 328 g/mol. The van der Waals surface area contributed by atoms with Crippen molar-refractivity contribution >= 4 is 33.8 Å². The molecule has 4 nitrogen and oxygen atoms in total. The summed E-state index contributed by atoms with van der Waals surface area (Å²) < 4.78 is 2.18. The van der Waals surface area contributed by atoms with Crippen molar-refractivity contribution in [1.82, 2.24) is 9.47 Å². The fourth-order valence-electron chi connectivity index (χ4n) is 2.85. The molecule has 1 saturated heterocycles. The summed E-state index contributed by atoms with van der Waals surface area (Å²) in [5.74, 6) is -0.132. The fraction of sp³-hybridized carbons (Fsp3) is 0.333. The molecule has 3 rings (SSSR count). The Hall–Kier alpha value is -2.01. The van der Waals surface area contributed by atoms with Gasteiger partial charge in [-0.3, -0.25) is 14.5 Å². The van der Waals surface area contributed by atoms with E-state index in [2.05, 4.69) is 30.6 Å². The molecule has 120 valence electrons. The van der Waals surface area contributed by atoms with Gasteiger partial charge >= 0.3 is 0 Å². The highest BCUT2D eigenvalue weighted by atomic mass is 32.2. The maximum atomic E-state index is 12.3. The summed E-state index contributed by atoms with van der Waals surface area (Å²) >= 11 is 1.10. The molecule has 1 aliphatic heterocycles. The van der Waals surface area contributed by atoms with Crippen LogP contribution in [0, 0.1) is 0 Å². The smallest absolute Gasteiger partial charge is 0.289 e. The molecular formula is C18H20N2O2S. The zero-order chi connectivity index (χ0) is 16.6. The van der Waals surface area contributed by atoms with Gasteiger partial charge < -0.3 is 4.57 Å². The number of benzene rings is 1. The van der Waals surface area contributed by atoms with Crippen molar-refractivity contribution in [2.24, 2.45) is 0 Å². The molecule has 2 amide bonds. The lowest BCUT2D eigenvalue weighted by Gasteiger charge is -2.06. The van der Waals surface area contributed by atoms with Crippen LogP contribution in [-0.4, -0.2) is 27.7 Å². The van der Waals surface area contributed by atoms with Crippen LogP contribution in [0.5, 0.6) is 0 Å². The van der Waals surface area contributed by atoms with Gasteiger partial charge in [-0.05, 0) is 38.1 Å². The van der Waals surface area contributed by atoms with Crippen LogP contribution in [0.4, 0.5) is 4.79 Å². The minimum Gasteiger partial charge on any atom is -0.347 e. The third kappa shape index (κ3) is 2.93. The Morgan fingerprint density at radius 1 is 1.26 bits per heavy atom. The number of likely N-dealkylation sites (N-methyl/N-ethyl adjacent to an activating group) is 1. The highest BCUT2D eigenvalue weighted by molar-refractivity contribution is 8.15. The van der Waals surface area contributed by atoms with Gasteiger partial charge in [-0.1, -0.05) is 29.8 Å². The number of thioether (sulfide) groups is 1. The number of allylic oxidation sites excluding steroid dienone is 2. The summed E-state index contributed by atoms with van der Waals surface area (Å²) in [6.45, 7) is 5.05. The minimum absolute atomic E-state index is 0.132. The molecule has 1 fully saturated rings. The van der Waals surface area contributed by atoms with E-state index in [1.807, 2.05) is 24.4 Å². The Labute approximate surface area is 140 Å². The average Bonchev–Trinajstić information content (AvgIpc) is 3.00. The van der Waals surface area contributed by atoms with Crippen LogP contribution in [0.15, 0.2) is 42.1 Å². The van der Waals surface area contributed by atoms with Gasteiger partial charge in [0.1, 0.15) is 5.25 Å². The van der Waals surface area contributed by atoms with Gasteiger partial charge in [-0.2, -0.15) is 0 Å². The lowest BCUT2D eigenvalue weighted by molar-refractivity contribution is -0.125. The predicted octanol–water partition coefficient (Wildman–Crippen LogP) is 4.36. The van der Waals surface area contributed by atoms with E-state index in [9.17, 15) is 9.59 Å². The standard InChI is InChI=1S/C18H20N2O2S/c1-12(2)7-6-10-20-11-14(13-8-4-5-9-15(13)20)16-17(21)19(3)18(22)23-16/h4-5,7-9,11,16H,6,10H2,1-3H3. The Bertz CT molecular complexity index is 802. The zero-order valence-corrected chi connectivity index (χ0v) is 14.4. The molecule has 1 aliphatic rings. The number of fused-ring (bicyclic) bond motifs is 1. The van der Waals surface area contributed by atoms with E-state index >= 15 is 0 Å². The van der Waals surface area contributed by atoms with Gasteiger partial charge in [0.15, 0.2) is 0 Å². The Morgan fingerprint density at radius 3 is 2.65 bits per heavy atom. The van der Waals surface area contributed by atoms with Gasteiger partial charge in [0.25, 0.3) is 5.24 Å². The van der Waals surface area contributed by atoms with Gasteiger partial charge in [0.05, 0.1) is 0 Å². The summed E-state index contributed by atoms with van der Waals surface area (Å²) in [5.41, 5.74) is 3.35. The second kappa shape index (κ2) is 6.24. The number of carbonyl (C=O) groups excluding carboxylic acids is 2. The first-order valence-corrected chi connectivity index (χ1v) is 8.56. The largest absolute Gasteiger partial charge is 0.347 e. The molecule has 0 aliphatic carbocycles. The second-order valence-corrected chi connectivity index (χ2v) is 7.08. The van der Waals surface area contributed by atoms with Crippen LogP contribution in [0.25, 0.3) is 10.9 Å². The third-order valence-electron chi connectivity index (χ3n) is 4.07. The van der Waals surface area contributed by atoms with Crippen LogP contribution in [0.1, 0.15) is 31.1 Å². The molecule has 0 bridgehead atoms. The number of imide groups is 1. The maximum Gasteiger partial charge on any atom is 0.289 e. The first kappa shape index (κ1) is 15.9. The number of carbonyl (C=O) groups is 2. The third-order valence-corrected chi connectivity index (χ3v) is 5.24. The highest BCUT2D eigenvalue weighted by Gasteiger charge is 2.39. The number of hydrogen-bond donors (Lipinski definition) is 0. The van der Waals surface area contributed by atoms with E-state index < -0.39 is 5.25 Å². The zero-order valence-electron chi connectivity index (χ0n) is 13.6. The average molecular weight is 328 g/mol. The number of rotatable bonds is 4. The van der Waals surface area contributed by atoms with Crippen LogP contribution in [-0.2, 0) is 11.3 Å². The van der Waals surface area contributed by atoms with Crippen LogP contribution >= 0.6 is 11.8 Å². The fourth-order valence-corrected chi connectivity index (χ4v) is 3.88. The number of para-hydroxylation sites is 1. The molecule has 2 aromatic rings. The molecule has 1 atom stereocenters. The van der Waals surface area contributed by atoms with E-state index in [1.54, 1.807) is 7.05 Å². The molecule has 1 aromatic carbocycles. The van der Waals surface area contributed by atoms with Gasteiger partial charge in [-0.15, -0.1) is 0 Å². The quantitative estimate of drug-likeness (QED) is 0.783. The van der Waals surface area contributed by atoms with E-state index in [1.165, 1.54) is 10.5 Å². The summed E-state index contributed by atoms with van der Waals surface area (Å²) in [7, 11) is 1.55. The number of hydrogen-bond acceptors (Lipinski definition) is 3. The van der Waals surface area contributed by atoms with Crippen molar-refractivity contribution in [2.45, 2.75) is 32.1 Å². The first-order valence-electron chi connectivity index (χ1n) is 7.68. The summed E-state index contributed by atoms with van der Waals surface area (Å²) in [6.07, 6.45) is 5.19. The lowest BCUT2D eigenvalue weighted by Crippen LogP contribution is -2.24. The van der Waals surface area contributed by atoms with E-state index in [-0.39, 0.29) is 11.1 Å². The molecular weight excluding hydrogens is 308 g/mol. The van der Waals surface area contributed by atoms with E-state index in [0.29, 0.717) is 0 Å². The number of amides is 2. The van der Waals surface area contributed by atoms with Crippen molar-refractivity contribution in [3.63, 3.8) is 0 Å². The molecule has 2 heterocycles. The molecule has 1 aromatic heterocycles. The highest BCUT2D eigenvalue weighted by Crippen LogP contribution is 2.42. The number of aromatic nitrogens is 1. The van der Waals surface area contributed by atoms with Crippen molar-refractivity contribution in [3.05, 3.63) is 47.7 Å². The Morgan fingerprint density at radius 2 is 2.00 bits per heavy atom. The summed E-state index contributed by atoms with van der Waals surface area (Å²) in [6, 6.07) is 8.07. The lowest BCUT2D eigenvalue weighted by atomic mass is 10.1.